The number of carbonyl (C=O) groups excluding carboxylic acids is 2. The van der Waals surface area contributed by atoms with Crippen LogP contribution in [0, 0.1) is 0 Å². The lowest BCUT2D eigenvalue weighted by Crippen LogP contribution is -2.37. The summed E-state index contributed by atoms with van der Waals surface area (Å²) in [6.07, 6.45) is 6.67. The zero-order valence-electron chi connectivity index (χ0n) is 18.0. The van der Waals surface area contributed by atoms with Crippen molar-refractivity contribution in [3.8, 4) is 0 Å². The first-order valence-corrected chi connectivity index (χ1v) is 10.9. The summed E-state index contributed by atoms with van der Waals surface area (Å²) in [7, 11) is 0. The van der Waals surface area contributed by atoms with Gasteiger partial charge in [-0.15, -0.1) is 0 Å². The molecule has 1 saturated heterocycles. The number of primary amides is 1. The van der Waals surface area contributed by atoms with Crippen molar-refractivity contribution >= 4 is 34.5 Å². The van der Waals surface area contributed by atoms with E-state index in [0.29, 0.717) is 17.7 Å². The van der Waals surface area contributed by atoms with Gasteiger partial charge in [0.1, 0.15) is 0 Å². The van der Waals surface area contributed by atoms with Gasteiger partial charge in [0.15, 0.2) is 0 Å². The molecule has 1 fully saturated rings. The standard InChI is InChI=1S/C25H28N4O3/c26-25(31)21-6-3-9-23(20(21)7-4-12-29-13-15-32-16-14-29)28-24(30)11-10-18-17-27-22-8-2-1-5-19(18)22/h1-3,5-6,8-11,17,27H,4,7,12-16H2,(H2,26,31)(H,28,30)/b11-10+. The first-order valence-electron chi connectivity index (χ1n) is 10.9. The Bertz CT molecular complexity index is 1130. The third-order valence-corrected chi connectivity index (χ3v) is 5.74. The summed E-state index contributed by atoms with van der Waals surface area (Å²) in [4.78, 5) is 30.2. The summed E-state index contributed by atoms with van der Waals surface area (Å²) >= 11 is 0. The molecule has 0 bridgehead atoms. The molecule has 7 nitrogen and oxygen atoms in total. The first kappa shape index (κ1) is 21.8. The molecule has 0 radical (unpaired) electrons. The number of amides is 2. The molecular formula is C25H28N4O3. The van der Waals surface area contributed by atoms with E-state index in [4.69, 9.17) is 10.5 Å². The Hall–Kier alpha value is -3.42. The average Bonchev–Trinajstić information content (AvgIpc) is 3.22. The van der Waals surface area contributed by atoms with E-state index in [1.165, 1.54) is 6.08 Å². The smallest absolute Gasteiger partial charge is 0.249 e. The number of aromatic nitrogens is 1. The van der Waals surface area contributed by atoms with Gasteiger partial charge in [-0.3, -0.25) is 14.5 Å². The number of nitrogens with one attached hydrogen (secondary N) is 2. The molecule has 0 saturated carbocycles. The highest BCUT2D eigenvalue weighted by Gasteiger charge is 2.15. The lowest BCUT2D eigenvalue weighted by molar-refractivity contribution is -0.111. The highest BCUT2D eigenvalue weighted by atomic mass is 16.5. The van der Waals surface area contributed by atoms with Gasteiger partial charge in [0.25, 0.3) is 0 Å². The number of hydrogen-bond acceptors (Lipinski definition) is 4. The van der Waals surface area contributed by atoms with E-state index in [-0.39, 0.29) is 5.91 Å². The Kier molecular flexibility index (Phi) is 6.99. The van der Waals surface area contributed by atoms with Crippen LogP contribution in [0.3, 0.4) is 0 Å². The SMILES string of the molecule is NC(=O)c1cccc(NC(=O)/C=C/c2c[nH]c3ccccc23)c1CCCN1CCOCC1. The topological polar surface area (TPSA) is 100 Å². The van der Waals surface area contributed by atoms with Crippen molar-refractivity contribution in [2.75, 3.05) is 38.2 Å². The fraction of sp³-hybridized carbons (Fsp3) is 0.280. The van der Waals surface area contributed by atoms with Crippen LogP contribution in [0.15, 0.2) is 54.7 Å². The molecule has 4 rings (SSSR count). The Morgan fingerprint density at radius 1 is 1.12 bits per heavy atom. The number of anilines is 1. The normalized spacial score (nSPS) is 14.8. The van der Waals surface area contributed by atoms with Crippen LogP contribution in [0.5, 0.6) is 0 Å². The number of benzene rings is 2. The molecule has 2 aromatic carbocycles. The number of H-pyrrole nitrogens is 1. The molecule has 1 aliphatic rings. The molecule has 0 spiro atoms. The Balaban J connectivity index is 1.46. The maximum Gasteiger partial charge on any atom is 0.249 e. The number of hydrogen-bond donors (Lipinski definition) is 3. The number of fused-ring (bicyclic) bond motifs is 1. The van der Waals surface area contributed by atoms with Crippen molar-refractivity contribution in [3.05, 3.63) is 71.4 Å². The molecule has 0 aliphatic carbocycles. The van der Waals surface area contributed by atoms with Crippen molar-refractivity contribution in [2.45, 2.75) is 12.8 Å². The predicted molar refractivity (Wildman–Crippen MR) is 127 cm³/mol. The van der Waals surface area contributed by atoms with Crippen LogP contribution in [0.4, 0.5) is 5.69 Å². The van der Waals surface area contributed by atoms with Crippen molar-refractivity contribution in [3.63, 3.8) is 0 Å². The van der Waals surface area contributed by atoms with Crippen LogP contribution in [-0.4, -0.2) is 54.5 Å². The summed E-state index contributed by atoms with van der Waals surface area (Å²) < 4.78 is 5.39. The van der Waals surface area contributed by atoms with Gasteiger partial charge in [0, 0.05) is 47.5 Å². The van der Waals surface area contributed by atoms with E-state index in [0.717, 1.165) is 61.3 Å². The summed E-state index contributed by atoms with van der Waals surface area (Å²) in [6.45, 7) is 4.24. The summed E-state index contributed by atoms with van der Waals surface area (Å²) in [5.74, 6) is -0.747. The fourth-order valence-corrected chi connectivity index (χ4v) is 4.08. The summed E-state index contributed by atoms with van der Waals surface area (Å²) in [5.41, 5.74) is 9.41. The van der Waals surface area contributed by atoms with Gasteiger partial charge in [-0.25, -0.2) is 0 Å². The van der Waals surface area contributed by atoms with Gasteiger partial charge < -0.3 is 20.8 Å². The van der Waals surface area contributed by atoms with Gasteiger partial charge in [0.05, 0.1) is 13.2 Å². The van der Waals surface area contributed by atoms with Crippen molar-refractivity contribution in [1.82, 2.24) is 9.88 Å². The number of aromatic amines is 1. The second-order valence-electron chi connectivity index (χ2n) is 7.87. The first-order chi connectivity index (χ1) is 15.6. The van der Waals surface area contributed by atoms with Crippen LogP contribution in [0.25, 0.3) is 17.0 Å². The number of morpholine rings is 1. The number of rotatable bonds is 8. The van der Waals surface area contributed by atoms with Crippen molar-refractivity contribution < 1.29 is 14.3 Å². The molecule has 4 N–H and O–H groups in total. The van der Waals surface area contributed by atoms with Gasteiger partial charge in [-0.05, 0) is 54.8 Å². The summed E-state index contributed by atoms with van der Waals surface area (Å²) in [6, 6.07) is 13.2. The minimum atomic E-state index is -0.489. The Morgan fingerprint density at radius 3 is 2.75 bits per heavy atom. The van der Waals surface area contributed by atoms with E-state index in [2.05, 4.69) is 15.2 Å². The lowest BCUT2D eigenvalue weighted by Gasteiger charge is -2.26. The monoisotopic (exact) mass is 432 g/mol. The minimum Gasteiger partial charge on any atom is -0.379 e. The molecule has 0 unspecified atom stereocenters. The lowest BCUT2D eigenvalue weighted by atomic mass is 9.99. The highest BCUT2D eigenvalue weighted by Crippen LogP contribution is 2.23. The zero-order valence-corrected chi connectivity index (χ0v) is 18.0. The van der Waals surface area contributed by atoms with E-state index in [9.17, 15) is 9.59 Å². The molecule has 1 aliphatic heterocycles. The molecule has 1 aromatic heterocycles. The molecule has 2 heterocycles. The average molecular weight is 433 g/mol. The summed E-state index contributed by atoms with van der Waals surface area (Å²) in [5, 5.41) is 3.98. The van der Waals surface area contributed by atoms with Gasteiger partial charge >= 0.3 is 0 Å². The fourth-order valence-electron chi connectivity index (χ4n) is 4.08. The third kappa shape index (κ3) is 5.25. The highest BCUT2D eigenvalue weighted by molar-refractivity contribution is 6.05. The van der Waals surface area contributed by atoms with Crippen molar-refractivity contribution in [1.29, 1.82) is 0 Å². The molecule has 3 aromatic rings. The molecule has 32 heavy (non-hydrogen) atoms. The maximum atomic E-state index is 12.7. The largest absolute Gasteiger partial charge is 0.379 e. The van der Waals surface area contributed by atoms with E-state index in [1.54, 1.807) is 18.2 Å². The van der Waals surface area contributed by atoms with E-state index < -0.39 is 5.91 Å². The number of nitrogens with two attached hydrogens (primary N) is 1. The van der Waals surface area contributed by atoms with Gasteiger partial charge in [-0.1, -0.05) is 24.3 Å². The predicted octanol–water partition coefficient (Wildman–Crippen LogP) is 3.18. The van der Waals surface area contributed by atoms with Crippen LogP contribution >= 0.6 is 0 Å². The molecular weight excluding hydrogens is 404 g/mol. The number of para-hydroxylation sites is 1. The second kappa shape index (κ2) is 10.3. The van der Waals surface area contributed by atoms with Crippen LogP contribution in [-0.2, 0) is 16.0 Å². The van der Waals surface area contributed by atoms with Gasteiger partial charge in [-0.2, -0.15) is 0 Å². The number of carbonyl (C=O) groups is 2. The minimum absolute atomic E-state index is 0.258. The van der Waals surface area contributed by atoms with Crippen LogP contribution < -0.4 is 11.1 Å². The number of nitrogens with zero attached hydrogens (tertiary/aromatic N) is 1. The van der Waals surface area contributed by atoms with Crippen molar-refractivity contribution in [2.24, 2.45) is 5.73 Å². The molecule has 166 valence electrons. The second-order valence-corrected chi connectivity index (χ2v) is 7.87. The van der Waals surface area contributed by atoms with Gasteiger partial charge in [0.2, 0.25) is 11.8 Å². The Labute approximate surface area is 187 Å². The zero-order chi connectivity index (χ0) is 22.3. The molecule has 0 atom stereocenters. The molecule has 2 amide bonds. The van der Waals surface area contributed by atoms with E-state index in [1.807, 2.05) is 36.5 Å². The van der Waals surface area contributed by atoms with Crippen LogP contribution in [0.2, 0.25) is 0 Å². The van der Waals surface area contributed by atoms with Crippen LogP contribution in [0.1, 0.15) is 27.9 Å². The molecule has 7 heteroatoms. The number of ether oxygens (including phenoxy) is 1. The third-order valence-electron chi connectivity index (χ3n) is 5.74. The quantitative estimate of drug-likeness (QED) is 0.476. The Morgan fingerprint density at radius 2 is 1.94 bits per heavy atom. The van der Waals surface area contributed by atoms with E-state index >= 15 is 0 Å². The maximum absolute atomic E-state index is 12.7.